The molecule has 0 aliphatic carbocycles. The lowest BCUT2D eigenvalue weighted by molar-refractivity contribution is -0.122. The smallest absolute Gasteiger partial charge is 0.220 e. The molecule has 1 aromatic heterocycles. The van der Waals surface area contributed by atoms with Gasteiger partial charge in [-0.3, -0.25) is 4.79 Å². The zero-order valence-electron chi connectivity index (χ0n) is 13.0. The standard InChI is InChI=1S/C16H22N4O2/c1-3-12(2)7-16(22)17-9-13-5-4-6-15(8-13)20-10-14(11-21)18-19-20/h4-6,8,10,12,21H,3,7,9,11H2,1-2H3,(H,17,22). The Morgan fingerprint density at radius 2 is 2.27 bits per heavy atom. The van der Waals surface area contributed by atoms with E-state index in [-0.39, 0.29) is 12.5 Å². The maximum Gasteiger partial charge on any atom is 0.220 e. The number of amides is 1. The van der Waals surface area contributed by atoms with E-state index in [2.05, 4.69) is 29.5 Å². The second kappa shape index (κ2) is 7.70. The molecule has 0 saturated heterocycles. The number of hydrogen-bond donors (Lipinski definition) is 2. The molecule has 1 aromatic carbocycles. The van der Waals surface area contributed by atoms with E-state index >= 15 is 0 Å². The molecule has 2 N–H and O–H groups in total. The highest BCUT2D eigenvalue weighted by Crippen LogP contribution is 2.11. The first-order valence-electron chi connectivity index (χ1n) is 7.50. The summed E-state index contributed by atoms with van der Waals surface area (Å²) < 4.78 is 1.61. The van der Waals surface area contributed by atoms with E-state index in [1.807, 2.05) is 24.3 Å². The molecule has 0 bridgehead atoms. The minimum Gasteiger partial charge on any atom is -0.390 e. The van der Waals surface area contributed by atoms with Crippen molar-refractivity contribution in [3.05, 3.63) is 41.7 Å². The quantitative estimate of drug-likeness (QED) is 0.817. The van der Waals surface area contributed by atoms with E-state index in [1.165, 1.54) is 0 Å². The van der Waals surface area contributed by atoms with Crippen LogP contribution in [0.25, 0.3) is 5.69 Å². The molecule has 1 atom stereocenters. The van der Waals surface area contributed by atoms with Crippen LogP contribution in [0.1, 0.15) is 37.9 Å². The molecule has 6 nitrogen and oxygen atoms in total. The van der Waals surface area contributed by atoms with Gasteiger partial charge in [-0.25, -0.2) is 4.68 Å². The Kier molecular flexibility index (Phi) is 5.66. The third kappa shape index (κ3) is 4.39. The van der Waals surface area contributed by atoms with Crippen LogP contribution in [0.5, 0.6) is 0 Å². The van der Waals surface area contributed by atoms with Crippen molar-refractivity contribution >= 4 is 5.91 Å². The fourth-order valence-electron chi connectivity index (χ4n) is 2.04. The molecule has 0 fully saturated rings. The van der Waals surface area contributed by atoms with Gasteiger partial charge in [0.05, 0.1) is 18.5 Å². The topological polar surface area (TPSA) is 80.0 Å². The maximum absolute atomic E-state index is 11.8. The van der Waals surface area contributed by atoms with E-state index in [1.54, 1.807) is 10.9 Å². The van der Waals surface area contributed by atoms with E-state index in [9.17, 15) is 4.79 Å². The second-order valence-corrected chi connectivity index (χ2v) is 5.48. The molecule has 0 saturated carbocycles. The summed E-state index contributed by atoms with van der Waals surface area (Å²) in [5, 5.41) is 19.8. The summed E-state index contributed by atoms with van der Waals surface area (Å²) in [4.78, 5) is 11.8. The lowest BCUT2D eigenvalue weighted by atomic mass is 10.1. The van der Waals surface area contributed by atoms with Crippen LogP contribution in [0.15, 0.2) is 30.5 Å². The van der Waals surface area contributed by atoms with Crippen LogP contribution in [-0.4, -0.2) is 26.0 Å². The Labute approximate surface area is 130 Å². The molecule has 2 rings (SSSR count). The van der Waals surface area contributed by atoms with Crippen LogP contribution in [0.4, 0.5) is 0 Å². The zero-order valence-corrected chi connectivity index (χ0v) is 13.0. The van der Waals surface area contributed by atoms with Gasteiger partial charge in [-0.15, -0.1) is 5.10 Å². The van der Waals surface area contributed by atoms with Crippen molar-refractivity contribution in [3.8, 4) is 5.69 Å². The minimum atomic E-state index is -0.134. The summed E-state index contributed by atoms with van der Waals surface area (Å²) in [7, 11) is 0. The van der Waals surface area contributed by atoms with Gasteiger partial charge < -0.3 is 10.4 Å². The Bertz CT molecular complexity index is 624. The monoisotopic (exact) mass is 302 g/mol. The van der Waals surface area contributed by atoms with Gasteiger partial charge in [0.2, 0.25) is 5.91 Å². The molecule has 0 radical (unpaired) electrons. The lowest BCUT2D eigenvalue weighted by Crippen LogP contribution is -2.24. The second-order valence-electron chi connectivity index (χ2n) is 5.48. The van der Waals surface area contributed by atoms with Crippen LogP contribution in [0.3, 0.4) is 0 Å². The third-order valence-corrected chi connectivity index (χ3v) is 3.60. The number of rotatable bonds is 7. The Morgan fingerprint density at radius 3 is 2.95 bits per heavy atom. The number of carbonyl (C=O) groups is 1. The Balaban J connectivity index is 1.98. The first kappa shape index (κ1) is 16.2. The number of nitrogens with one attached hydrogen (secondary N) is 1. The minimum absolute atomic E-state index is 0.0723. The summed E-state index contributed by atoms with van der Waals surface area (Å²) in [6.45, 7) is 4.51. The highest BCUT2D eigenvalue weighted by molar-refractivity contribution is 5.76. The molecular weight excluding hydrogens is 280 g/mol. The molecule has 1 heterocycles. The number of aliphatic hydroxyl groups is 1. The van der Waals surface area contributed by atoms with Crippen molar-refractivity contribution in [3.63, 3.8) is 0 Å². The first-order valence-corrected chi connectivity index (χ1v) is 7.50. The maximum atomic E-state index is 11.8. The third-order valence-electron chi connectivity index (χ3n) is 3.60. The Morgan fingerprint density at radius 1 is 1.45 bits per heavy atom. The van der Waals surface area contributed by atoms with Crippen molar-refractivity contribution in [2.24, 2.45) is 5.92 Å². The zero-order chi connectivity index (χ0) is 15.9. The van der Waals surface area contributed by atoms with Gasteiger partial charge in [0.25, 0.3) is 0 Å². The van der Waals surface area contributed by atoms with Crippen molar-refractivity contribution in [1.29, 1.82) is 0 Å². The molecule has 1 amide bonds. The predicted molar refractivity (Wildman–Crippen MR) is 83.2 cm³/mol. The lowest BCUT2D eigenvalue weighted by Gasteiger charge is -2.10. The average Bonchev–Trinajstić information content (AvgIpc) is 3.02. The van der Waals surface area contributed by atoms with Crippen LogP contribution < -0.4 is 5.32 Å². The summed E-state index contributed by atoms with van der Waals surface area (Å²) in [5.41, 5.74) is 2.36. The summed E-state index contributed by atoms with van der Waals surface area (Å²) in [6.07, 6.45) is 3.24. The van der Waals surface area contributed by atoms with Gasteiger partial charge in [0, 0.05) is 13.0 Å². The predicted octanol–water partition coefficient (Wildman–Crippen LogP) is 1.81. The van der Waals surface area contributed by atoms with Gasteiger partial charge in [-0.1, -0.05) is 37.6 Å². The SMILES string of the molecule is CCC(C)CC(=O)NCc1cccc(-n2cc(CO)nn2)c1. The van der Waals surface area contributed by atoms with Crippen LogP contribution in [-0.2, 0) is 17.9 Å². The van der Waals surface area contributed by atoms with Crippen molar-refractivity contribution in [2.75, 3.05) is 0 Å². The molecule has 22 heavy (non-hydrogen) atoms. The number of benzene rings is 1. The number of carbonyl (C=O) groups excluding carboxylic acids is 1. The summed E-state index contributed by atoms with van der Waals surface area (Å²) in [6, 6.07) is 7.71. The van der Waals surface area contributed by atoms with E-state index in [0.29, 0.717) is 24.6 Å². The fraction of sp³-hybridized carbons (Fsp3) is 0.438. The van der Waals surface area contributed by atoms with Gasteiger partial charge in [-0.2, -0.15) is 0 Å². The molecule has 0 spiro atoms. The highest BCUT2D eigenvalue weighted by Gasteiger charge is 2.07. The molecule has 0 aliphatic rings. The van der Waals surface area contributed by atoms with Crippen LogP contribution in [0.2, 0.25) is 0 Å². The van der Waals surface area contributed by atoms with Crippen LogP contribution >= 0.6 is 0 Å². The average molecular weight is 302 g/mol. The van der Waals surface area contributed by atoms with E-state index in [4.69, 9.17) is 5.11 Å². The summed E-state index contributed by atoms with van der Waals surface area (Å²) in [5.74, 6) is 0.474. The molecule has 0 aliphatic heterocycles. The normalized spacial score (nSPS) is 12.1. The molecule has 118 valence electrons. The molecule has 2 aromatic rings. The number of nitrogens with zero attached hydrogens (tertiary/aromatic N) is 3. The number of aromatic nitrogens is 3. The summed E-state index contributed by atoms with van der Waals surface area (Å²) >= 11 is 0. The Hall–Kier alpha value is -2.21. The van der Waals surface area contributed by atoms with Crippen LogP contribution in [0, 0.1) is 5.92 Å². The number of hydrogen-bond acceptors (Lipinski definition) is 4. The largest absolute Gasteiger partial charge is 0.390 e. The fourth-order valence-corrected chi connectivity index (χ4v) is 2.04. The van der Waals surface area contributed by atoms with Crippen molar-refractivity contribution in [2.45, 2.75) is 39.8 Å². The molecule has 1 unspecified atom stereocenters. The van der Waals surface area contributed by atoms with Gasteiger partial charge in [0.15, 0.2) is 0 Å². The molecular formula is C16H22N4O2. The molecule has 6 heteroatoms. The van der Waals surface area contributed by atoms with Gasteiger partial charge >= 0.3 is 0 Å². The number of aliphatic hydroxyl groups excluding tert-OH is 1. The van der Waals surface area contributed by atoms with Gasteiger partial charge in [-0.05, 0) is 23.6 Å². The van der Waals surface area contributed by atoms with E-state index in [0.717, 1.165) is 17.7 Å². The van der Waals surface area contributed by atoms with Gasteiger partial charge in [0.1, 0.15) is 5.69 Å². The van der Waals surface area contributed by atoms with Crippen molar-refractivity contribution < 1.29 is 9.90 Å². The van der Waals surface area contributed by atoms with Crippen molar-refractivity contribution in [1.82, 2.24) is 20.3 Å². The first-order chi connectivity index (χ1) is 10.6. The van der Waals surface area contributed by atoms with E-state index < -0.39 is 0 Å². The highest BCUT2D eigenvalue weighted by atomic mass is 16.3.